The fourth-order valence-electron chi connectivity index (χ4n) is 7.14. The van der Waals surface area contributed by atoms with Crippen LogP contribution in [0.2, 0.25) is 0 Å². The van der Waals surface area contributed by atoms with Crippen molar-refractivity contribution in [2.75, 3.05) is 0 Å². The van der Waals surface area contributed by atoms with Crippen LogP contribution in [0.5, 0.6) is 0 Å². The van der Waals surface area contributed by atoms with Crippen LogP contribution in [0, 0.1) is 0 Å². The molecule has 0 aliphatic rings. The van der Waals surface area contributed by atoms with E-state index in [9.17, 15) is 0 Å². The Kier molecular flexibility index (Phi) is 5.41. The molecule has 0 saturated carbocycles. The molecule has 0 saturated heterocycles. The molecule has 0 fully saturated rings. The van der Waals surface area contributed by atoms with Gasteiger partial charge in [-0.25, -0.2) is 4.98 Å². The Labute approximate surface area is 267 Å². The molecule has 0 aliphatic heterocycles. The molecule has 5 heterocycles. The maximum Gasteiger partial charge on any atom is 0.0915 e. The third kappa shape index (κ3) is 3.63. The molecule has 46 heavy (non-hydrogen) atoms. The molecule has 0 atom stereocenters. The molecule has 0 bridgehead atoms. The average molecular weight is 605 g/mol. The quantitative estimate of drug-likeness (QED) is 0.201. The molecule has 0 unspecified atom stereocenters. The normalized spacial score (nSPS) is 11.9. The molecule has 0 radical (unpaired) electrons. The monoisotopic (exact) mass is 604 g/mol. The van der Waals surface area contributed by atoms with Gasteiger partial charge >= 0.3 is 0 Å². The minimum absolute atomic E-state index is 0.809. The van der Waals surface area contributed by atoms with Gasteiger partial charge in [0.25, 0.3) is 0 Å². The summed E-state index contributed by atoms with van der Waals surface area (Å²) >= 11 is 1.88. The fraction of sp³-hybridized carbons (Fsp3) is 0. The second kappa shape index (κ2) is 9.80. The summed E-state index contributed by atoms with van der Waals surface area (Å²) in [5, 5.41) is 10.2. The van der Waals surface area contributed by atoms with E-state index in [1.54, 1.807) is 0 Å². The van der Waals surface area contributed by atoms with Gasteiger partial charge in [-0.1, -0.05) is 84.9 Å². The van der Waals surface area contributed by atoms with Gasteiger partial charge in [0.05, 0.1) is 44.2 Å². The van der Waals surface area contributed by atoms with Crippen molar-refractivity contribution in [1.29, 1.82) is 0 Å². The van der Waals surface area contributed by atoms with Crippen molar-refractivity contribution in [1.82, 2.24) is 19.5 Å². The summed E-state index contributed by atoms with van der Waals surface area (Å²) in [7, 11) is 0. The third-order valence-electron chi connectivity index (χ3n) is 9.06. The molecule has 5 heteroatoms. The standard InChI is InChI=1S/C41H24N4S/c1-2-12-27-25(11-1)19-20-36-38(27)39-29-14-4-3-13-28(29)37-30-15-5-6-18-35(30)45(40(37)41(39)46-36)26-23-33(31-16-7-9-21-42-31)44-34(24-26)32-17-8-10-22-43-32/h1-24H. The van der Waals surface area contributed by atoms with E-state index in [2.05, 4.69) is 112 Å². The first-order chi connectivity index (χ1) is 22.8. The van der Waals surface area contributed by atoms with Crippen LogP contribution >= 0.6 is 11.3 Å². The zero-order valence-corrected chi connectivity index (χ0v) is 25.4. The zero-order valence-electron chi connectivity index (χ0n) is 24.6. The fourth-order valence-corrected chi connectivity index (χ4v) is 8.42. The number of rotatable bonds is 3. The van der Waals surface area contributed by atoms with E-state index >= 15 is 0 Å². The number of pyridine rings is 3. The first kappa shape index (κ1) is 25.4. The van der Waals surface area contributed by atoms with Gasteiger partial charge < -0.3 is 4.57 Å². The van der Waals surface area contributed by atoms with E-state index in [0.717, 1.165) is 34.0 Å². The Morgan fingerprint density at radius 1 is 0.478 bits per heavy atom. The van der Waals surface area contributed by atoms with Crippen molar-refractivity contribution in [3.63, 3.8) is 0 Å². The lowest BCUT2D eigenvalue weighted by Crippen LogP contribution is -1.99. The number of hydrogen-bond acceptors (Lipinski definition) is 4. The van der Waals surface area contributed by atoms with Gasteiger partial charge in [-0.2, -0.15) is 0 Å². The summed E-state index contributed by atoms with van der Waals surface area (Å²) in [5.74, 6) is 0. The Bertz CT molecular complexity index is 2740. The lowest BCUT2D eigenvalue weighted by Gasteiger charge is -2.13. The summed E-state index contributed by atoms with van der Waals surface area (Å²) < 4.78 is 5.02. The van der Waals surface area contributed by atoms with Crippen molar-refractivity contribution in [2.24, 2.45) is 0 Å². The van der Waals surface area contributed by atoms with Gasteiger partial charge in [-0.05, 0) is 70.1 Å². The Morgan fingerprint density at radius 2 is 1.09 bits per heavy atom. The summed E-state index contributed by atoms with van der Waals surface area (Å²) in [6.07, 6.45) is 3.64. The van der Waals surface area contributed by atoms with E-state index < -0.39 is 0 Å². The first-order valence-corrected chi connectivity index (χ1v) is 16.2. The van der Waals surface area contributed by atoms with Crippen molar-refractivity contribution in [3.05, 3.63) is 146 Å². The van der Waals surface area contributed by atoms with E-state index in [1.807, 2.05) is 60.1 Å². The van der Waals surface area contributed by atoms with E-state index in [-0.39, 0.29) is 0 Å². The maximum absolute atomic E-state index is 5.09. The SMILES string of the molecule is c1ccc(-c2cc(-n3c4ccccc4c4c5ccccc5c5c(sc6ccc7ccccc7c65)c43)cc(-c3ccccn3)n2)nc1. The highest BCUT2D eigenvalue weighted by Gasteiger charge is 2.23. The van der Waals surface area contributed by atoms with Crippen LogP contribution < -0.4 is 0 Å². The average Bonchev–Trinajstić information content (AvgIpc) is 3.70. The Morgan fingerprint density at radius 3 is 1.78 bits per heavy atom. The number of benzene rings is 5. The van der Waals surface area contributed by atoms with Gasteiger partial charge in [0.15, 0.2) is 0 Å². The third-order valence-corrected chi connectivity index (χ3v) is 10.2. The predicted molar refractivity (Wildman–Crippen MR) is 193 cm³/mol. The van der Waals surface area contributed by atoms with Gasteiger partial charge in [0.2, 0.25) is 0 Å². The van der Waals surface area contributed by atoms with Crippen molar-refractivity contribution in [3.8, 4) is 28.5 Å². The van der Waals surface area contributed by atoms with Gasteiger partial charge in [-0.15, -0.1) is 11.3 Å². The minimum atomic E-state index is 0.809. The van der Waals surface area contributed by atoms with Crippen LogP contribution in [0.1, 0.15) is 0 Å². The summed E-state index contributed by atoms with van der Waals surface area (Å²) in [6, 6.07) is 47.3. The molecule has 0 N–H and O–H groups in total. The lowest BCUT2D eigenvalue weighted by molar-refractivity contribution is 1.15. The highest BCUT2D eigenvalue weighted by atomic mass is 32.1. The number of thiophene rings is 1. The molecular weight excluding hydrogens is 581 g/mol. The van der Waals surface area contributed by atoms with Crippen LogP contribution in [0.3, 0.4) is 0 Å². The first-order valence-electron chi connectivity index (χ1n) is 15.4. The molecular formula is C41H24N4S. The van der Waals surface area contributed by atoms with Gasteiger partial charge in [0, 0.05) is 38.6 Å². The van der Waals surface area contributed by atoms with Crippen molar-refractivity contribution in [2.45, 2.75) is 0 Å². The Hall–Kier alpha value is -5.91. The number of fused-ring (bicyclic) bond motifs is 12. The molecule has 10 rings (SSSR count). The van der Waals surface area contributed by atoms with Crippen molar-refractivity contribution < 1.29 is 0 Å². The molecule has 0 spiro atoms. The number of aromatic nitrogens is 4. The largest absolute Gasteiger partial charge is 0.308 e. The van der Waals surface area contributed by atoms with Crippen LogP contribution in [0.25, 0.3) is 92.0 Å². The van der Waals surface area contributed by atoms with Gasteiger partial charge in [-0.3, -0.25) is 9.97 Å². The van der Waals surface area contributed by atoms with E-state index in [4.69, 9.17) is 4.98 Å². The summed E-state index contributed by atoms with van der Waals surface area (Å²) in [6.45, 7) is 0. The predicted octanol–water partition coefficient (Wildman–Crippen LogP) is 11.0. The molecule has 4 nitrogen and oxygen atoms in total. The topological polar surface area (TPSA) is 43.6 Å². The summed E-state index contributed by atoms with van der Waals surface area (Å²) in [4.78, 5) is 14.5. The van der Waals surface area contributed by atoms with Crippen LogP contribution in [-0.2, 0) is 0 Å². The molecule has 0 amide bonds. The highest BCUT2D eigenvalue weighted by molar-refractivity contribution is 7.27. The summed E-state index contributed by atoms with van der Waals surface area (Å²) in [5.41, 5.74) is 6.67. The molecule has 10 aromatic rings. The molecule has 5 aromatic carbocycles. The molecule has 0 aliphatic carbocycles. The van der Waals surface area contributed by atoms with Crippen molar-refractivity contribution >= 4 is 74.9 Å². The van der Waals surface area contributed by atoms with Crippen LogP contribution in [-0.4, -0.2) is 19.5 Å². The van der Waals surface area contributed by atoms with Crippen LogP contribution in [0.15, 0.2) is 146 Å². The number of hydrogen-bond donors (Lipinski definition) is 0. The number of nitrogens with zero attached hydrogens (tertiary/aromatic N) is 4. The highest BCUT2D eigenvalue weighted by Crippen LogP contribution is 2.49. The van der Waals surface area contributed by atoms with E-state index in [1.165, 1.54) is 58.0 Å². The minimum Gasteiger partial charge on any atom is -0.308 e. The van der Waals surface area contributed by atoms with Crippen LogP contribution in [0.4, 0.5) is 0 Å². The Balaban J connectivity index is 1.43. The zero-order chi connectivity index (χ0) is 30.2. The number of para-hydroxylation sites is 1. The maximum atomic E-state index is 5.09. The second-order valence-corrected chi connectivity index (χ2v) is 12.7. The second-order valence-electron chi connectivity index (χ2n) is 11.6. The lowest BCUT2D eigenvalue weighted by atomic mass is 9.96. The smallest absolute Gasteiger partial charge is 0.0915 e. The van der Waals surface area contributed by atoms with E-state index in [0.29, 0.717) is 0 Å². The van der Waals surface area contributed by atoms with Gasteiger partial charge in [0.1, 0.15) is 0 Å². The molecule has 214 valence electrons. The molecule has 5 aromatic heterocycles.